The first kappa shape index (κ1) is 9.38. The highest BCUT2D eigenvalue weighted by Gasteiger charge is 2.75. The van der Waals surface area contributed by atoms with Crippen LogP contribution in [0, 0.1) is 0 Å². The van der Waals surface area contributed by atoms with E-state index in [2.05, 4.69) is 15.2 Å². The first-order chi connectivity index (χ1) is 8.57. The standard InChI is InChI=1S/C12H8F3N3/c13-12(14,15)4-1-2-5(16-3-4)18-10-6-7-9(11(7)18)17-8(6)10/h1-3,8-11,17H. The lowest BCUT2D eigenvalue weighted by atomic mass is 10.2. The van der Waals surface area contributed by atoms with Gasteiger partial charge in [-0.05, 0) is 23.3 Å². The van der Waals surface area contributed by atoms with Crippen LogP contribution in [0.4, 0.5) is 19.0 Å². The highest BCUT2D eigenvalue weighted by Crippen LogP contribution is 2.64. The monoisotopic (exact) mass is 251 g/mol. The number of alkyl halides is 3. The minimum atomic E-state index is -4.31. The summed E-state index contributed by atoms with van der Waals surface area (Å²) in [4.78, 5) is 6.15. The van der Waals surface area contributed by atoms with Crippen molar-refractivity contribution in [2.24, 2.45) is 0 Å². The van der Waals surface area contributed by atoms with Crippen molar-refractivity contribution in [3.8, 4) is 0 Å². The first-order valence-corrected chi connectivity index (χ1v) is 5.89. The van der Waals surface area contributed by atoms with Gasteiger partial charge in [0.05, 0.1) is 29.7 Å². The zero-order valence-corrected chi connectivity index (χ0v) is 9.07. The predicted molar refractivity (Wildman–Crippen MR) is 57.0 cm³/mol. The number of nitrogens with zero attached hydrogens (tertiary/aromatic N) is 2. The molecule has 0 bridgehead atoms. The van der Waals surface area contributed by atoms with Gasteiger partial charge in [0, 0.05) is 6.20 Å². The average Bonchev–Trinajstić information content (AvgIpc) is 3.15. The summed E-state index contributed by atoms with van der Waals surface area (Å²) >= 11 is 0. The lowest BCUT2D eigenvalue weighted by Crippen LogP contribution is -2.44. The molecule has 2 saturated carbocycles. The summed E-state index contributed by atoms with van der Waals surface area (Å²) in [5, 5.41) is 3.48. The maximum Gasteiger partial charge on any atom is 0.417 e. The van der Waals surface area contributed by atoms with E-state index < -0.39 is 11.7 Å². The Morgan fingerprint density at radius 3 is 2.22 bits per heavy atom. The molecule has 18 heavy (non-hydrogen) atoms. The number of piperazine rings is 1. The maximum absolute atomic E-state index is 12.5. The highest BCUT2D eigenvalue weighted by atomic mass is 19.4. The highest BCUT2D eigenvalue weighted by molar-refractivity contribution is 5.78. The van der Waals surface area contributed by atoms with Crippen LogP contribution in [0.2, 0.25) is 0 Å². The Bertz CT molecular complexity index is 580. The van der Waals surface area contributed by atoms with Crippen molar-refractivity contribution in [1.82, 2.24) is 10.3 Å². The van der Waals surface area contributed by atoms with E-state index in [0.29, 0.717) is 30.0 Å². The van der Waals surface area contributed by atoms with Gasteiger partial charge in [-0.2, -0.15) is 13.2 Å². The van der Waals surface area contributed by atoms with Crippen molar-refractivity contribution in [3.63, 3.8) is 0 Å². The van der Waals surface area contributed by atoms with Gasteiger partial charge in [0.2, 0.25) is 0 Å². The molecule has 2 aliphatic carbocycles. The molecule has 6 heteroatoms. The first-order valence-electron chi connectivity index (χ1n) is 5.89. The number of pyridine rings is 1. The molecule has 2 aliphatic heterocycles. The van der Waals surface area contributed by atoms with Gasteiger partial charge < -0.3 is 4.90 Å². The van der Waals surface area contributed by atoms with Crippen LogP contribution >= 0.6 is 0 Å². The number of anilines is 1. The van der Waals surface area contributed by atoms with Crippen LogP contribution in [-0.4, -0.2) is 29.2 Å². The van der Waals surface area contributed by atoms with Crippen molar-refractivity contribution < 1.29 is 13.2 Å². The third kappa shape index (κ3) is 0.880. The number of fused-ring (bicyclic) bond motifs is 2. The lowest BCUT2D eigenvalue weighted by Gasteiger charge is -2.26. The molecule has 0 spiro atoms. The van der Waals surface area contributed by atoms with Crippen molar-refractivity contribution in [2.75, 3.05) is 4.90 Å². The normalized spacial score (nSPS) is 38.3. The van der Waals surface area contributed by atoms with Crippen LogP contribution < -0.4 is 10.2 Å². The molecule has 1 aromatic rings. The van der Waals surface area contributed by atoms with Crippen molar-refractivity contribution in [3.05, 3.63) is 35.0 Å². The Morgan fingerprint density at radius 2 is 1.78 bits per heavy atom. The van der Waals surface area contributed by atoms with Crippen LogP contribution in [0.5, 0.6) is 0 Å². The van der Waals surface area contributed by atoms with Crippen LogP contribution in [-0.2, 0) is 6.18 Å². The van der Waals surface area contributed by atoms with Gasteiger partial charge in [0.25, 0.3) is 0 Å². The zero-order valence-electron chi connectivity index (χ0n) is 9.07. The van der Waals surface area contributed by atoms with E-state index in [1.165, 1.54) is 17.2 Å². The van der Waals surface area contributed by atoms with E-state index >= 15 is 0 Å². The van der Waals surface area contributed by atoms with E-state index in [0.717, 1.165) is 12.3 Å². The molecular formula is C12H8F3N3. The Labute approximate surface area is 100 Å². The number of hydrogen-bond donors (Lipinski definition) is 1. The molecule has 0 saturated heterocycles. The molecule has 4 aliphatic rings. The van der Waals surface area contributed by atoms with Crippen LogP contribution in [0.3, 0.4) is 0 Å². The van der Waals surface area contributed by atoms with Crippen LogP contribution in [0.15, 0.2) is 29.5 Å². The number of halogens is 3. The summed E-state index contributed by atoms with van der Waals surface area (Å²) < 4.78 is 37.4. The fraction of sp³-hybridized carbons (Fsp3) is 0.417. The molecule has 1 N–H and O–H groups in total. The summed E-state index contributed by atoms with van der Waals surface area (Å²) in [6.45, 7) is 0. The van der Waals surface area contributed by atoms with E-state index in [4.69, 9.17) is 0 Å². The van der Waals surface area contributed by atoms with E-state index in [1.54, 1.807) is 0 Å². The van der Waals surface area contributed by atoms with Gasteiger partial charge in [-0.3, -0.25) is 5.32 Å². The molecule has 3 nitrogen and oxygen atoms in total. The summed E-state index contributed by atoms with van der Waals surface area (Å²) in [5.41, 5.74) is 2.24. The second kappa shape index (κ2) is 2.42. The quantitative estimate of drug-likeness (QED) is 0.763. The minimum Gasteiger partial charge on any atom is -0.339 e. The Morgan fingerprint density at radius 1 is 1.11 bits per heavy atom. The molecule has 2 fully saturated rings. The molecule has 5 rings (SSSR count). The van der Waals surface area contributed by atoms with Gasteiger partial charge in [-0.1, -0.05) is 0 Å². The molecule has 4 atom stereocenters. The Kier molecular flexibility index (Phi) is 1.26. The Hall–Kier alpha value is -1.56. The Balaban J connectivity index is 1.50. The molecule has 0 radical (unpaired) electrons. The van der Waals surface area contributed by atoms with Gasteiger partial charge in [0.15, 0.2) is 0 Å². The molecule has 4 unspecified atom stereocenters. The topological polar surface area (TPSA) is 28.2 Å². The number of nitrogens with one attached hydrogen (secondary N) is 1. The smallest absolute Gasteiger partial charge is 0.339 e. The minimum absolute atomic E-state index is 0.360. The molecule has 92 valence electrons. The van der Waals surface area contributed by atoms with Crippen LogP contribution in [0.25, 0.3) is 0 Å². The zero-order chi connectivity index (χ0) is 12.2. The average molecular weight is 251 g/mol. The van der Waals surface area contributed by atoms with Crippen LogP contribution in [0.1, 0.15) is 5.56 Å². The SMILES string of the molecule is FC(F)(F)c1ccc(N2C3C4=C5C(NC43)C52)nc1. The van der Waals surface area contributed by atoms with Gasteiger partial charge in [-0.25, -0.2) is 4.98 Å². The van der Waals surface area contributed by atoms with E-state index in [9.17, 15) is 13.2 Å². The van der Waals surface area contributed by atoms with Crippen molar-refractivity contribution >= 4 is 5.82 Å². The van der Waals surface area contributed by atoms with Crippen molar-refractivity contribution in [2.45, 2.75) is 30.3 Å². The second-order valence-corrected chi connectivity index (χ2v) is 5.23. The second-order valence-electron chi connectivity index (χ2n) is 5.23. The summed E-state index contributed by atoms with van der Waals surface area (Å²) in [6.07, 6.45) is -3.38. The molecule has 1 aromatic heterocycles. The van der Waals surface area contributed by atoms with E-state index in [-0.39, 0.29) is 0 Å². The fourth-order valence-electron chi connectivity index (χ4n) is 3.54. The summed E-state index contributed by atoms with van der Waals surface area (Å²) in [7, 11) is 0. The third-order valence-electron chi connectivity index (χ3n) is 4.35. The molecule has 0 amide bonds. The van der Waals surface area contributed by atoms with Gasteiger partial charge in [0.1, 0.15) is 5.82 Å². The number of hydrogen-bond acceptors (Lipinski definition) is 3. The molecular weight excluding hydrogens is 243 g/mol. The van der Waals surface area contributed by atoms with E-state index in [1.807, 2.05) is 0 Å². The van der Waals surface area contributed by atoms with Gasteiger partial charge in [-0.15, -0.1) is 0 Å². The molecule has 0 aromatic carbocycles. The lowest BCUT2D eigenvalue weighted by molar-refractivity contribution is -0.137. The maximum atomic E-state index is 12.5. The van der Waals surface area contributed by atoms with Crippen molar-refractivity contribution in [1.29, 1.82) is 0 Å². The fourth-order valence-corrected chi connectivity index (χ4v) is 3.54. The number of aromatic nitrogens is 1. The summed E-state index contributed by atoms with van der Waals surface area (Å²) in [5.74, 6) is 0.664. The summed E-state index contributed by atoms with van der Waals surface area (Å²) in [6, 6.07) is 4.21. The third-order valence-corrected chi connectivity index (χ3v) is 4.35. The number of rotatable bonds is 1. The molecule has 3 heterocycles. The largest absolute Gasteiger partial charge is 0.417 e. The van der Waals surface area contributed by atoms with Gasteiger partial charge >= 0.3 is 6.18 Å². The predicted octanol–water partition coefficient (Wildman–Crippen LogP) is 1.32.